The summed E-state index contributed by atoms with van der Waals surface area (Å²) in [5.41, 5.74) is -2.36. The minimum atomic E-state index is -2.36. The Morgan fingerprint density at radius 3 is 1.32 bits per heavy atom. The van der Waals surface area contributed by atoms with Crippen molar-refractivity contribution in [3.05, 3.63) is 0 Å². The number of hydrogen-bond acceptors (Lipinski definition) is 3. The Kier molecular flexibility index (Phi) is 37.0. The second-order valence-corrected chi connectivity index (χ2v) is 11.2. The lowest BCUT2D eigenvalue weighted by atomic mass is 10.0. The summed E-state index contributed by atoms with van der Waals surface area (Å²) in [6.07, 6.45) is 9.68. The van der Waals surface area contributed by atoms with Gasteiger partial charge >= 0.3 is 0 Å². The third-order valence-corrected chi connectivity index (χ3v) is 6.31. The summed E-state index contributed by atoms with van der Waals surface area (Å²) in [6.45, 7) is 10.3. The summed E-state index contributed by atoms with van der Waals surface area (Å²) in [5, 5.41) is 0. The highest BCUT2D eigenvalue weighted by atomic mass is 32.9. The molecule has 0 bridgehead atoms. The van der Waals surface area contributed by atoms with E-state index in [1.165, 1.54) is 38.5 Å². The van der Waals surface area contributed by atoms with E-state index in [9.17, 15) is 0 Å². The second kappa shape index (κ2) is 24.4. The molecule has 0 aromatic heterocycles. The third-order valence-electron chi connectivity index (χ3n) is 4.03. The first-order valence-corrected chi connectivity index (χ1v) is 12.4. The van der Waals surface area contributed by atoms with E-state index >= 15 is 0 Å². The molecule has 2 atom stereocenters. The molecule has 25 heavy (non-hydrogen) atoms. The zero-order valence-electron chi connectivity index (χ0n) is 16.3. The third kappa shape index (κ3) is 22.5. The molecule has 0 aliphatic carbocycles. The van der Waals surface area contributed by atoms with Crippen molar-refractivity contribution >= 4 is 83.7 Å². The number of hydrogen-bond donors (Lipinski definition) is 1. The fourth-order valence-corrected chi connectivity index (χ4v) is 3.87. The van der Waals surface area contributed by atoms with E-state index in [0.717, 1.165) is 12.8 Å². The largest absolute Gasteiger partial charge is 0.322 e. The Labute approximate surface area is 195 Å². The normalized spacial score (nSPS) is 14.6. The van der Waals surface area contributed by atoms with Crippen molar-refractivity contribution in [3.8, 4) is 0 Å². The minimum absolute atomic E-state index is 0. The van der Waals surface area contributed by atoms with Gasteiger partial charge in [-0.25, -0.2) is 0 Å². The lowest BCUT2D eigenvalue weighted by Gasteiger charge is -2.23. The quantitative estimate of drug-likeness (QED) is 0.208. The molecule has 0 spiro atoms. The van der Waals surface area contributed by atoms with Crippen molar-refractivity contribution in [3.63, 3.8) is 0 Å². The van der Waals surface area contributed by atoms with Gasteiger partial charge in [-0.05, 0) is 36.5 Å². The van der Waals surface area contributed by atoms with Gasteiger partial charge < -0.3 is 9.05 Å². The van der Waals surface area contributed by atoms with Crippen molar-refractivity contribution in [2.24, 2.45) is 11.8 Å². The molecule has 0 aliphatic heterocycles. The van der Waals surface area contributed by atoms with Gasteiger partial charge in [0, 0.05) is 0 Å². The van der Waals surface area contributed by atoms with Crippen LogP contribution < -0.4 is 0 Å². The molecule has 2 unspecified atom stereocenters. The molecule has 0 saturated heterocycles. The zero-order valence-corrected chi connectivity index (χ0v) is 23.0. The van der Waals surface area contributed by atoms with E-state index in [0.29, 0.717) is 25.0 Å². The van der Waals surface area contributed by atoms with Gasteiger partial charge in [0.2, 0.25) is 5.69 Å². The van der Waals surface area contributed by atoms with Crippen LogP contribution in [-0.2, 0) is 20.9 Å². The molecule has 0 N–H and O–H groups in total. The fourth-order valence-electron chi connectivity index (χ4n) is 2.23. The molecule has 0 saturated carbocycles. The molecule has 0 fully saturated rings. The first-order chi connectivity index (χ1) is 9.99. The van der Waals surface area contributed by atoms with Crippen molar-refractivity contribution in [2.45, 2.75) is 79.1 Å². The molecule has 0 rings (SSSR count). The molecule has 160 valence electrons. The Hall–Kier alpha value is 2.32. The van der Waals surface area contributed by atoms with E-state index in [2.05, 4.69) is 39.9 Å². The van der Waals surface area contributed by atoms with Crippen LogP contribution in [0.25, 0.3) is 0 Å². The van der Waals surface area contributed by atoms with Crippen molar-refractivity contribution in [2.75, 3.05) is 13.2 Å². The molecule has 0 heterocycles. The van der Waals surface area contributed by atoms with Crippen molar-refractivity contribution in [1.29, 1.82) is 0 Å². The van der Waals surface area contributed by atoms with Gasteiger partial charge in [0.1, 0.15) is 0 Å². The number of rotatable bonds is 14. The van der Waals surface area contributed by atoms with Gasteiger partial charge in [0.05, 0.1) is 13.2 Å². The van der Waals surface area contributed by atoms with Gasteiger partial charge in [0.15, 0.2) is 0 Å². The lowest BCUT2D eigenvalue weighted by Crippen LogP contribution is -2.10. The van der Waals surface area contributed by atoms with Crippen LogP contribution in [0, 0.1) is 11.8 Å². The second-order valence-electron chi connectivity index (χ2n) is 5.89. The van der Waals surface area contributed by atoms with E-state index in [-0.39, 0.29) is 54.0 Å². The summed E-state index contributed by atoms with van der Waals surface area (Å²) in [5.74, 6) is 1.18. The summed E-state index contributed by atoms with van der Waals surface area (Å²) in [7, 11) is 0. The molecule has 0 amide bonds. The molecule has 0 aromatic rings. The first-order valence-electron chi connectivity index (χ1n) is 8.60. The Morgan fingerprint density at radius 1 is 0.760 bits per heavy atom. The Balaban J connectivity index is -0.000000333. The molecule has 2 nitrogen and oxygen atoms in total. The molecule has 0 aromatic carbocycles. The van der Waals surface area contributed by atoms with E-state index in [1.54, 1.807) is 0 Å². The van der Waals surface area contributed by atoms with Gasteiger partial charge in [-0.1, -0.05) is 78.5 Å². The molecule has 0 radical (unpaired) electrons. The van der Waals surface area contributed by atoms with Crippen LogP contribution in [-0.4, -0.2) is 13.2 Å². The van der Waals surface area contributed by atoms with Crippen molar-refractivity contribution in [1.82, 2.24) is 0 Å². The van der Waals surface area contributed by atoms with Crippen LogP contribution >= 0.6 is 71.9 Å². The summed E-state index contributed by atoms with van der Waals surface area (Å²) in [6, 6.07) is 0. The predicted octanol–water partition coefficient (Wildman–Crippen LogP) is 7.06. The predicted molar refractivity (Wildman–Crippen MR) is 143 cm³/mol. The van der Waals surface area contributed by atoms with Crippen LogP contribution in [0.2, 0.25) is 0 Å². The average molecular weight is 491 g/mol. The zero-order chi connectivity index (χ0) is 16.1. The lowest BCUT2D eigenvalue weighted by molar-refractivity contribution is 0.189. The highest BCUT2D eigenvalue weighted by Gasteiger charge is 2.18. The highest BCUT2D eigenvalue weighted by Crippen LogP contribution is 2.54. The van der Waals surface area contributed by atoms with Gasteiger partial charge in [-0.3, -0.25) is 0 Å². The Bertz CT molecular complexity index is 274. The fraction of sp³-hybridized carbons (Fsp3) is 1.00. The highest BCUT2D eigenvalue weighted by molar-refractivity contribution is 8.60. The number of thiol groups is 1. The van der Waals surface area contributed by atoms with Gasteiger partial charge in [-0.2, -0.15) is 54.0 Å². The number of unbranched alkanes of at least 4 members (excludes halogenated alkanes) is 2. The maximum atomic E-state index is 5.85. The molecule has 0 aliphatic rings. The SMILES string of the molecule is CCCCC(CC)COP(=S)(S)OCC(CC)CCCC.S.S.S.S. The Morgan fingerprint density at radius 2 is 1.08 bits per heavy atom. The maximum Gasteiger partial charge on any atom is 0.244 e. The van der Waals surface area contributed by atoms with Gasteiger partial charge in [0.25, 0.3) is 0 Å². The standard InChI is InChI=1S/C16H35O2PS2.4H2S/c1-5-9-11-15(7-3)13-17-19(20,21)18-14-16(8-4)12-10-6-2;;;;/h15-16H,5-14H2,1-4H3,(H,20,21);4*1H2. The van der Waals surface area contributed by atoms with Crippen LogP contribution in [0.3, 0.4) is 0 Å². The smallest absolute Gasteiger partial charge is 0.244 e. The molecular formula is C16H43O2PS6. The molecule has 9 heteroatoms. The van der Waals surface area contributed by atoms with Crippen LogP contribution in [0.5, 0.6) is 0 Å². The maximum absolute atomic E-state index is 5.85. The van der Waals surface area contributed by atoms with Crippen molar-refractivity contribution < 1.29 is 9.05 Å². The molecular weight excluding hydrogens is 448 g/mol. The van der Waals surface area contributed by atoms with E-state index < -0.39 is 5.69 Å². The first kappa shape index (κ1) is 38.0. The van der Waals surface area contributed by atoms with Crippen LogP contribution in [0.15, 0.2) is 0 Å². The van der Waals surface area contributed by atoms with E-state index in [1.807, 2.05) is 0 Å². The summed E-state index contributed by atoms with van der Waals surface area (Å²) in [4.78, 5) is 0. The summed E-state index contributed by atoms with van der Waals surface area (Å²) < 4.78 is 11.7. The average Bonchev–Trinajstić information content (AvgIpc) is 2.47. The topological polar surface area (TPSA) is 18.5 Å². The monoisotopic (exact) mass is 490 g/mol. The minimum Gasteiger partial charge on any atom is -0.322 e. The van der Waals surface area contributed by atoms with Crippen LogP contribution in [0.4, 0.5) is 0 Å². The van der Waals surface area contributed by atoms with E-state index in [4.69, 9.17) is 20.9 Å². The van der Waals surface area contributed by atoms with Crippen LogP contribution in [0.1, 0.15) is 79.1 Å². The summed E-state index contributed by atoms with van der Waals surface area (Å²) >= 11 is 9.91. The van der Waals surface area contributed by atoms with Gasteiger partial charge in [-0.15, -0.1) is 0 Å².